The molecule has 0 fully saturated rings. The van der Waals surface area contributed by atoms with Crippen molar-refractivity contribution in [2.45, 2.75) is 0 Å². The molecule has 2 rings (SSSR count). The van der Waals surface area contributed by atoms with Crippen molar-refractivity contribution in [3.63, 3.8) is 0 Å². The maximum Gasteiger partial charge on any atom is 0.219 e. The van der Waals surface area contributed by atoms with Crippen molar-refractivity contribution in [3.8, 4) is 11.5 Å². The van der Waals surface area contributed by atoms with Gasteiger partial charge < -0.3 is 9.84 Å². The number of nitrogens with zero attached hydrogens (tertiary/aromatic N) is 1. The Labute approximate surface area is 106 Å². The van der Waals surface area contributed by atoms with Crippen LogP contribution in [-0.4, -0.2) is 25.2 Å². The van der Waals surface area contributed by atoms with E-state index in [1.54, 1.807) is 18.2 Å². The lowest BCUT2D eigenvalue weighted by molar-refractivity contribution is 0.348. The van der Waals surface area contributed by atoms with E-state index in [0.29, 0.717) is 0 Å². The van der Waals surface area contributed by atoms with E-state index < -0.39 is 9.84 Å². The maximum atomic E-state index is 11.5. The third-order valence-electron chi connectivity index (χ3n) is 2.03. The number of halogens is 1. The molecule has 0 atom stereocenters. The summed E-state index contributed by atoms with van der Waals surface area (Å²) in [5.74, 6) is 0.170. The quantitative estimate of drug-likeness (QED) is 0.862. The molecule has 5 nitrogen and oxygen atoms in total. The van der Waals surface area contributed by atoms with Crippen molar-refractivity contribution in [1.29, 1.82) is 0 Å². The Morgan fingerprint density at radius 2 is 2.06 bits per heavy atom. The van der Waals surface area contributed by atoms with Crippen LogP contribution in [0.4, 0.5) is 0 Å². The predicted octanol–water partition coefficient (Wildman–Crippen LogP) is 1.79. The summed E-state index contributed by atoms with van der Waals surface area (Å²) in [5.41, 5.74) is 0. The van der Waals surface area contributed by atoms with Gasteiger partial charge in [-0.1, -0.05) is 12.1 Å². The largest absolute Gasteiger partial charge is 0.504 e. The van der Waals surface area contributed by atoms with E-state index in [1.807, 2.05) is 0 Å². The second-order valence-electron chi connectivity index (χ2n) is 3.25. The number of hydrogen-bond donors (Lipinski definition) is 1. The van der Waals surface area contributed by atoms with Crippen LogP contribution >= 0.6 is 15.9 Å². The molecule has 1 aliphatic rings. The fraction of sp³-hybridized carbons (Fsp3) is 0.100. The van der Waals surface area contributed by atoms with Gasteiger partial charge in [0.25, 0.3) is 0 Å². The Bertz CT molecular complexity index is 606. The van der Waals surface area contributed by atoms with E-state index in [4.69, 9.17) is 4.74 Å². The van der Waals surface area contributed by atoms with Gasteiger partial charge in [0.2, 0.25) is 9.84 Å². The zero-order valence-corrected chi connectivity index (χ0v) is 10.9. The van der Waals surface area contributed by atoms with Crippen LogP contribution in [0, 0.1) is 0 Å². The highest BCUT2D eigenvalue weighted by molar-refractivity contribution is 9.11. The summed E-state index contributed by atoms with van der Waals surface area (Å²) in [6, 6.07) is 6.31. The van der Waals surface area contributed by atoms with Gasteiger partial charge >= 0.3 is 0 Å². The number of sulfone groups is 1. The molecule has 1 heterocycles. The van der Waals surface area contributed by atoms with Crippen LogP contribution < -0.4 is 4.74 Å². The Kier molecular flexibility index (Phi) is 3.21. The van der Waals surface area contributed by atoms with Crippen molar-refractivity contribution in [3.05, 3.63) is 34.3 Å². The molecule has 0 bridgehead atoms. The van der Waals surface area contributed by atoms with E-state index in [9.17, 15) is 13.5 Å². The normalized spacial score (nSPS) is 17.5. The van der Waals surface area contributed by atoms with Crippen LogP contribution in [0.1, 0.15) is 0 Å². The molecular weight excluding hydrogens is 310 g/mol. The number of para-hydroxylation sites is 2. The molecule has 7 heteroatoms. The fourth-order valence-electron chi connectivity index (χ4n) is 1.24. The lowest BCUT2D eigenvalue weighted by Gasteiger charge is -2.06. The number of hydrogen-bond acceptors (Lipinski definition) is 5. The van der Waals surface area contributed by atoms with Crippen molar-refractivity contribution in [1.82, 2.24) is 0 Å². The SMILES string of the molecule is O=S1(=O)C=C(Br)N=C1COc1ccccc1O. The first-order chi connectivity index (χ1) is 7.99. The van der Waals surface area contributed by atoms with E-state index >= 15 is 0 Å². The van der Waals surface area contributed by atoms with Gasteiger partial charge in [-0.3, -0.25) is 0 Å². The van der Waals surface area contributed by atoms with Crippen LogP contribution in [0.2, 0.25) is 0 Å². The Morgan fingerprint density at radius 3 is 2.65 bits per heavy atom. The molecule has 1 aromatic rings. The zero-order chi connectivity index (χ0) is 12.5. The van der Waals surface area contributed by atoms with Gasteiger partial charge in [-0.2, -0.15) is 0 Å². The van der Waals surface area contributed by atoms with Crippen molar-refractivity contribution >= 4 is 30.8 Å². The summed E-state index contributed by atoms with van der Waals surface area (Å²) in [6.45, 7) is -0.217. The summed E-state index contributed by atoms with van der Waals surface area (Å²) in [4.78, 5) is 3.79. The lowest BCUT2D eigenvalue weighted by atomic mass is 10.3. The molecular formula is C10H8BrNO4S. The van der Waals surface area contributed by atoms with Crippen molar-refractivity contribution < 1.29 is 18.3 Å². The van der Waals surface area contributed by atoms with Crippen LogP contribution in [0.3, 0.4) is 0 Å². The molecule has 0 radical (unpaired) electrons. The molecule has 1 aliphatic heterocycles. The smallest absolute Gasteiger partial charge is 0.219 e. The number of phenolic OH excluding ortho intramolecular Hbond substituents is 1. The highest BCUT2D eigenvalue weighted by Crippen LogP contribution is 2.25. The zero-order valence-electron chi connectivity index (χ0n) is 8.50. The number of phenols is 1. The molecule has 0 aliphatic carbocycles. The van der Waals surface area contributed by atoms with Gasteiger partial charge in [-0.05, 0) is 28.1 Å². The van der Waals surface area contributed by atoms with Gasteiger partial charge in [-0.25, -0.2) is 13.4 Å². The van der Waals surface area contributed by atoms with E-state index in [1.165, 1.54) is 6.07 Å². The van der Waals surface area contributed by atoms with Gasteiger partial charge in [-0.15, -0.1) is 0 Å². The van der Waals surface area contributed by atoms with Gasteiger partial charge in [0.05, 0.1) is 5.41 Å². The van der Waals surface area contributed by atoms with Crippen molar-refractivity contribution in [2.75, 3.05) is 6.61 Å². The van der Waals surface area contributed by atoms with Gasteiger partial charge in [0.15, 0.2) is 16.5 Å². The van der Waals surface area contributed by atoms with E-state index in [0.717, 1.165) is 5.41 Å². The Hall–Kier alpha value is -1.34. The minimum absolute atomic E-state index is 0.0458. The van der Waals surface area contributed by atoms with Crippen LogP contribution in [-0.2, 0) is 9.84 Å². The summed E-state index contributed by atoms with van der Waals surface area (Å²) >= 11 is 2.98. The topological polar surface area (TPSA) is 76.0 Å². The van der Waals surface area contributed by atoms with E-state index in [2.05, 4.69) is 20.9 Å². The fourth-order valence-corrected chi connectivity index (χ4v) is 3.20. The third kappa shape index (κ3) is 2.67. The molecule has 0 spiro atoms. The highest BCUT2D eigenvalue weighted by atomic mass is 79.9. The minimum atomic E-state index is -3.48. The number of aliphatic imine (C=N–C) groups is 1. The van der Waals surface area contributed by atoms with Crippen LogP contribution in [0.25, 0.3) is 0 Å². The first-order valence-electron chi connectivity index (χ1n) is 4.60. The summed E-state index contributed by atoms with van der Waals surface area (Å²) in [5, 5.41) is 10.4. The van der Waals surface area contributed by atoms with Crippen LogP contribution in [0.15, 0.2) is 39.3 Å². The van der Waals surface area contributed by atoms with Crippen LogP contribution in [0.5, 0.6) is 11.5 Å². The molecule has 0 amide bonds. The summed E-state index contributed by atoms with van der Waals surface area (Å²) < 4.78 is 28.4. The summed E-state index contributed by atoms with van der Waals surface area (Å²) in [7, 11) is -3.48. The number of ether oxygens (including phenoxy) is 1. The molecule has 17 heavy (non-hydrogen) atoms. The van der Waals surface area contributed by atoms with Gasteiger partial charge in [0.1, 0.15) is 11.2 Å². The molecule has 0 saturated carbocycles. The average molecular weight is 318 g/mol. The molecule has 0 saturated heterocycles. The maximum absolute atomic E-state index is 11.5. The standard InChI is InChI=1S/C10H8BrNO4S/c11-9-6-17(14,15)10(12-9)5-16-8-4-2-1-3-7(8)13/h1-4,6,13H,5H2. The number of aromatic hydroxyl groups is 1. The molecule has 0 aromatic heterocycles. The van der Waals surface area contributed by atoms with E-state index in [-0.39, 0.29) is 27.8 Å². The molecule has 0 unspecified atom stereocenters. The lowest BCUT2D eigenvalue weighted by Crippen LogP contribution is -2.17. The Balaban J connectivity index is 2.11. The number of benzene rings is 1. The third-order valence-corrected chi connectivity index (χ3v) is 4.14. The van der Waals surface area contributed by atoms with Gasteiger partial charge in [0, 0.05) is 0 Å². The molecule has 1 aromatic carbocycles. The van der Waals surface area contributed by atoms with Crippen molar-refractivity contribution in [2.24, 2.45) is 4.99 Å². The highest BCUT2D eigenvalue weighted by Gasteiger charge is 2.24. The molecule has 1 N–H and O–H groups in total. The second-order valence-corrected chi connectivity index (χ2v) is 5.86. The second kappa shape index (κ2) is 4.50. The minimum Gasteiger partial charge on any atom is -0.504 e. The predicted molar refractivity (Wildman–Crippen MR) is 67.0 cm³/mol. The average Bonchev–Trinajstić information content (AvgIpc) is 2.50. The Morgan fingerprint density at radius 1 is 1.35 bits per heavy atom. The monoisotopic (exact) mass is 317 g/mol. The first kappa shape index (κ1) is 12.1. The summed E-state index contributed by atoms with van der Waals surface area (Å²) in [6.07, 6.45) is 0. The molecule has 90 valence electrons. The first-order valence-corrected chi connectivity index (χ1v) is 6.93. The number of rotatable bonds is 3.